The highest BCUT2D eigenvalue weighted by atomic mass is 16.1. The van der Waals surface area contributed by atoms with Crippen LogP contribution in [0.3, 0.4) is 0 Å². The summed E-state index contributed by atoms with van der Waals surface area (Å²) in [5.74, 6) is 0. The molecule has 21 heavy (non-hydrogen) atoms. The van der Waals surface area contributed by atoms with Gasteiger partial charge in [0, 0.05) is 0 Å². The zero-order valence-electron chi connectivity index (χ0n) is 12.8. The Morgan fingerprint density at radius 3 is 1.76 bits per heavy atom. The van der Waals surface area contributed by atoms with Crippen molar-refractivity contribution in [2.24, 2.45) is 0 Å². The minimum Gasteiger partial charge on any atom is -0.309 e. The average molecular weight is 281 g/mol. The summed E-state index contributed by atoms with van der Waals surface area (Å²) in [5, 5.41) is 0. The first kappa shape index (κ1) is 15.5. The van der Waals surface area contributed by atoms with Crippen molar-refractivity contribution in [2.75, 3.05) is 20.6 Å². The van der Waals surface area contributed by atoms with Crippen molar-refractivity contribution in [2.45, 2.75) is 18.3 Å². The molecule has 110 valence electrons. The van der Waals surface area contributed by atoms with Gasteiger partial charge in [0.25, 0.3) is 0 Å². The lowest BCUT2D eigenvalue weighted by molar-refractivity contribution is -0.111. The number of carbonyl (C=O) groups is 1. The molecule has 0 bridgehead atoms. The van der Waals surface area contributed by atoms with Crippen LogP contribution < -0.4 is 0 Å². The van der Waals surface area contributed by atoms with Crippen LogP contribution in [-0.2, 0) is 10.2 Å². The van der Waals surface area contributed by atoms with Crippen molar-refractivity contribution in [3.63, 3.8) is 0 Å². The molecule has 2 nitrogen and oxygen atoms in total. The first-order valence-electron chi connectivity index (χ1n) is 7.41. The van der Waals surface area contributed by atoms with Gasteiger partial charge in [-0.25, -0.2) is 0 Å². The van der Waals surface area contributed by atoms with Crippen LogP contribution in [0.2, 0.25) is 0 Å². The lowest BCUT2D eigenvalue weighted by atomic mass is 9.72. The van der Waals surface area contributed by atoms with Gasteiger partial charge in [0.2, 0.25) is 0 Å². The van der Waals surface area contributed by atoms with E-state index in [1.165, 1.54) is 0 Å². The highest BCUT2D eigenvalue weighted by Gasteiger charge is 2.33. The van der Waals surface area contributed by atoms with Crippen LogP contribution in [0.1, 0.15) is 24.0 Å². The summed E-state index contributed by atoms with van der Waals surface area (Å²) >= 11 is 0. The maximum absolute atomic E-state index is 12.1. The molecule has 2 rings (SSSR count). The number of carbonyl (C=O) groups excluding carboxylic acids is 1. The Bertz CT molecular complexity index is 509. The van der Waals surface area contributed by atoms with E-state index in [1.54, 1.807) is 0 Å². The Hall–Kier alpha value is -1.93. The molecule has 0 spiro atoms. The quantitative estimate of drug-likeness (QED) is 0.724. The van der Waals surface area contributed by atoms with Gasteiger partial charge in [-0.3, -0.25) is 0 Å². The number of aldehydes is 1. The van der Waals surface area contributed by atoms with Gasteiger partial charge in [0.15, 0.2) is 0 Å². The summed E-state index contributed by atoms with van der Waals surface area (Å²) in [4.78, 5) is 14.2. The van der Waals surface area contributed by atoms with Crippen molar-refractivity contribution in [3.05, 3.63) is 71.8 Å². The molecule has 0 heterocycles. The fourth-order valence-corrected chi connectivity index (χ4v) is 2.80. The Labute approximate surface area is 127 Å². The third-order valence-electron chi connectivity index (χ3n) is 3.96. The molecule has 0 aromatic heterocycles. The zero-order chi connectivity index (χ0) is 15.1. The summed E-state index contributed by atoms with van der Waals surface area (Å²) in [5.41, 5.74) is 1.60. The van der Waals surface area contributed by atoms with Crippen LogP contribution >= 0.6 is 0 Å². The van der Waals surface area contributed by atoms with Crippen LogP contribution in [0, 0.1) is 0 Å². The summed E-state index contributed by atoms with van der Waals surface area (Å²) in [6, 6.07) is 20.2. The monoisotopic (exact) mass is 281 g/mol. The van der Waals surface area contributed by atoms with Gasteiger partial charge in [0.1, 0.15) is 6.29 Å². The van der Waals surface area contributed by atoms with E-state index in [9.17, 15) is 4.79 Å². The molecule has 0 radical (unpaired) electrons. The van der Waals surface area contributed by atoms with E-state index in [0.29, 0.717) is 0 Å². The maximum Gasteiger partial charge on any atom is 0.134 e. The van der Waals surface area contributed by atoms with Crippen LogP contribution in [0.15, 0.2) is 60.7 Å². The first-order chi connectivity index (χ1) is 10.2. The van der Waals surface area contributed by atoms with E-state index in [4.69, 9.17) is 0 Å². The van der Waals surface area contributed by atoms with Crippen LogP contribution in [0.25, 0.3) is 0 Å². The Morgan fingerprint density at radius 2 is 1.38 bits per heavy atom. The van der Waals surface area contributed by atoms with Gasteiger partial charge < -0.3 is 9.69 Å². The maximum atomic E-state index is 12.1. The minimum absolute atomic E-state index is 0.543. The van der Waals surface area contributed by atoms with Gasteiger partial charge in [-0.2, -0.15) is 0 Å². The highest BCUT2D eigenvalue weighted by molar-refractivity contribution is 5.75. The molecule has 0 atom stereocenters. The van der Waals surface area contributed by atoms with E-state index in [0.717, 1.165) is 36.8 Å². The van der Waals surface area contributed by atoms with Crippen molar-refractivity contribution in [1.29, 1.82) is 0 Å². The van der Waals surface area contributed by atoms with E-state index in [1.807, 2.05) is 36.4 Å². The molecule has 0 saturated heterocycles. The molecule has 0 aliphatic heterocycles. The Balaban J connectivity index is 2.39. The Morgan fingerprint density at radius 1 is 0.905 bits per heavy atom. The number of nitrogens with zero attached hydrogens (tertiary/aromatic N) is 1. The van der Waals surface area contributed by atoms with Crippen molar-refractivity contribution >= 4 is 6.29 Å². The fourth-order valence-electron chi connectivity index (χ4n) is 2.80. The fraction of sp³-hybridized carbons (Fsp3) is 0.316. The number of hydrogen-bond donors (Lipinski definition) is 0. The zero-order valence-corrected chi connectivity index (χ0v) is 12.8. The van der Waals surface area contributed by atoms with Gasteiger partial charge in [-0.1, -0.05) is 60.7 Å². The van der Waals surface area contributed by atoms with E-state index in [-0.39, 0.29) is 0 Å². The molecule has 0 fully saturated rings. The van der Waals surface area contributed by atoms with Crippen molar-refractivity contribution in [1.82, 2.24) is 4.90 Å². The molecule has 0 N–H and O–H groups in total. The number of rotatable bonds is 7. The molecule has 0 amide bonds. The largest absolute Gasteiger partial charge is 0.309 e. The van der Waals surface area contributed by atoms with Crippen LogP contribution in [0.4, 0.5) is 0 Å². The van der Waals surface area contributed by atoms with Crippen molar-refractivity contribution in [3.8, 4) is 0 Å². The molecule has 0 aliphatic carbocycles. The molecule has 0 unspecified atom stereocenters. The van der Waals surface area contributed by atoms with E-state index < -0.39 is 5.41 Å². The molecule has 2 aromatic carbocycles. The second kappa shape index (κ2) is 7.19. The van der Waals surface area contributed by atoms with Crippen molar-refractivity contribution < 1.29 is 4.79 Å². The second-order valence-electron chi connectivity index (χ2n) is 5.73. The molecular weight excluding hydrogens is 258 g/mol. The molecule has 2 aromatic rings. The summed E-state index contributed by atoms with van der Waals surface area (Å²) < 4.78 is 0. The van der Waals surface area contributed by atoms with E-state index >= 15 is 0 Å². The van der Waals surface area contributed by atoms with Gasteiger partial charge in [-0.15, -0.1) is 0 Å². The van der Waals surface area contributed by atoms with Gasteiger partial charge in [-0.05, 0) is 44.6 Å². The van der Waals surface area contributed by atoms with Gasteiger partial charge >= 0.3 is 0 Å². The summed E-state index contributed by atoms with van der Waals surface area (Å²) in [6.07, 6.45) is 2.92. The average Bonchev–Trinajstić information content (AvgIpc) is 2.53. The second-order valence-corrected chi connectivity index (χ2v) is 5.73. The molecule has 0 aliphatic rings. The molecule has 2 heteroatoms. The third kappa shape index (κ3) is 3.59. The summed E-state index contributed by atoms with van der Waals surface area (Å²) in [7, 11) is 4.13. The predicted molar refractivity (Wildman–Crippen MR) is 87.5 cm³/mol. The summed E-state index contributed by atoms with van der Waals surface area (Å²) in [6.45, 7) is 0.981. The Kier molecular flexibility index (Phi) is 5.29. The highest BCUT2D eigenvalue weighted by Crippen LogP contribution is 2.34. The lowest BCUT2D eigenvalue weighted by Crippen LogP contribution is -2.31. The lowest BCUT2D eigenvalue weighted by Gasteiger charge is -2.30. The van der Waals surface area contributed by atoms with Gasteiger partial charge in [0.05, 0.1) is 5.41 Å². The first-order valence-corrected chi connectivity index (χ1v) is 7.41. The van der Waals surface area contributed by atoms with Crippen LogP contribution in [0.5, 0.6) is 0 Å². The predicted octanol–water partition coefficient (Wildman–Crippen LogP) is 3.51. The topological polar surface area (TPSA) is 20.3 Å². The normalized spacial score (nSPS) is 11.6. The van der Waals surface area contributed by atoms with Crippen LogP contribution in [-0.4, -0.2) is 31.8 Å². The third-order valence-corrected chi connectivity index (χ3v) is 3.96. The minimum atomic E-state index is -0.543. The molecule has 0 saturated carbocycles. The number of benzene rings is 2. The molecular formula is C19H23NO. The smallest absolute Gasteiger partial charge is 0.134 e. The standard InChI is InChI=1S/C19H23NO/c1-20(2)15-9-14-19(16-21,17-10-5-3-6-11-17)18-12-7-4-8-13-18/h3-8,10-13,16H,9,14-15H2,1-2H3. The SMILES string of the molecule is CN(C)CCCC(C=O)(c1ccccc1)c1ccccc1. The number of hydrogen-bond acceptors (Lipinski definition) is 2. The van der Waals surface area contributed by atoms with E-state index in [2.05, 4.69) is 43.3 Å².